The molecule has 15 heteroatoms. The van der Waals surface area contributed by atoms with Crippen LogP contribution in [-0.2, 0) is 24.0 Å². The molecule has 3 rings (SSSR count). The second kappa shape index (κ2) is 9.18. The van der Waals surface area contributed by atoms with Gasteiger partial charge in [-0.15, -0.1) is 11.8 Å². The Bertz CT molecular complexity index is 1090. The van der Waals surface area contributed by atoms with Gasteiger partial charge in [0.1, 0.15) is 27.1 Å². The number of carbonyl (C=O) groups is 4. The fourth-order valence-corrected chi connectivity index (χ4v) is 5.11. The predicted octanol–water partition coefficient (Wildman–Crippen LogP) is 0.497. The molecular formula is C17H16ClN5O7S2. The third-order valence-corrected chi connectivity index (χ3v) is 6.81. The third kappa shape index (κ3) is 4.28. The van der Waals surface area contributed by atoms with Crippen LogP contribution in [0.2, 0.25) is 4.34 Å². The molecule has 0 spiro atoms. The molecule has 0 radical (unpaired) electrons. The van der Waals surface area contributed by atoms with Gasteiger partial charge in [0.05, 0.1) is 0 Å². The van der Waals surface area contributed by atoms with Crippen LogP contribution in [0.5, 0.6) is 0 Å². The molecule has 2 aliphatic rings. The van der Waals surface area contributed by atoms with E-state index in [1.54, 1.807) is 0 Å². The first-order valence-corrected chi connectivity index (χ1v) is 11.0. The molecule has 5 N–H and O–H groups in total. The number of nitrogens with one attached hydrogen (secondary N) is 1. The number of aliphatic carboxylic acids is 2. The van der Waals surface area contributed by atoms with Gasteiger partial charge in [-0.2, -0.15) is 0 Å². The Balaban J connectivity index is 1.85. The molecule has 3 atom stereocenters. The zero-order valence-electron chi connectivity index (χ0n) is 16.3. The van der Waals surface area contributed by atoms with Gasteiger partial charge in [0.2, 0.25) is 6.10 Å². The van der Waals surface area contributed by atoms with Gasteiger partial charge in [-0.3, -0.25) is 14.5 Å². The van der Waals surface area contributed by atoms with Crippen molar-refractivity contribution in [1.29, 1.82) is 0 Å². The van der Waals surface area contributed by atoms with E-state index in [0.717, 1.165) is 16.2 Å². The van der Waals surface area contributed by atoms with E-state index < -0.39 is 47.0 Å². The number of carbonyl (C=O) groups excluding carboxylic acids is 2. The van der Waals surface area contributed by atoms with Crippen molar-refractivity contribution in [2.75, 3.05) is 11.5 Å². The molecule has 3 unspecified atom stereocenters. The van der Waals surface area contributed by atoms with Gasteiger partial charge in [-0.1, -0.05) is 40.7 Å². The first-order chi connectivity index (χ1) is 15.1. The van der Waals surface area contributed by atoms with Crippen molar-refractivity contribution in [3.63, 3.8) is 0 Å². The van der Waals surface area contributed by atoms with Gasteiger partial charge >= 0.3 is 11.9 Å². The summed E-state index contributed by atoms with van der Waals surface area (Å²) in [6.07, 6.45) is -0.0189. The Kier molecular flexibility index (Phi) is 6.76. The van der Waals surface area contributed by atoms with Crippen molar-refractivity contribution in [3.8, 4) is 0 Å². The van der Waals surface area contributed by atoms with Crippen LogP contribution >= 0.6 is 34.7 Å². The van der Waals surface area contributed by atoms with E-state index in [1.807, 2.05) is 0 Å². The second-order valence-corrected chi connectivity index (χ2v) is 9.18. The zero-order valence-corrected chi connectivity index (χ0v) is 18.7. The predicted molar refractivity (Wildman–Crippen MR) is 116 cm³/mol. The maximum Gasteiger partial charge on any atom is 0.352 e. The van der Waals surface area contributed by atoms with E-state index in [1.165, 1.54) is 24.8 Å². The largest absolute Gasteiger partial charge is 0.478 e. The Morgan fingerprint density at radius 3 is 2.69 bits per heavy atom. The number of amides is 2. The van der Waals surface area contributed by atoms with Crippen molar-refractivity contribution in [1.82, 2.24) is 15.2 Å². The molecule has 1 aromatic rings. The SMILES string of the molecule is C=CC1=C(C(=O)O)N2C(=O)C(NC(=O)/C(=N/OC(C)C(=O)O)c3nc(N)sc3Cl)C2SC1. The fourth-order valence-electron chi connectivity index (χ4n) is 2.84. The number of allylic oxidation sites excluding steroid dienone is 1. The minimum absolute atomic E-state index is 0.00306. The lowest BCUT2D eigenvalue weighted by molar-refractivity contribution is -0.150. The lowest BCUT2D eigenvalue weighted by Crippen LogP contribution is -2.71. The van der Waals surface area contributed by atoms with E-state index in [0.29, 0.717) is 5.57 Å². The Labute approximate surface area is 193 Å². The van der Waals surface area contributed by atoms with Crippen LogP contribution < -0.4 is 11.1 Å². The molecule has 0 aromatic carbocycles. The monoisotopic (exact) mass is 501 g/mol. The highest BCUT2D eigenvalue weighted by molar-refractivity contribution is 8.00. The lowest BCUT2D eigenvalue weighted by atomic mass is 10.0. The van der Waals surface area contributed by atoms with Crippen molar-refractivity contribution >= 4 is 69.3 Å². The first-order valence-electron chi connectivity index (χ1n) is 8.80. The number of β-lactam (4-membered cyclic amide) rings is 1. The van der Waals surface area contributed by atoms with Gasteiger partial charge in [-0.25, -0.2) is 14.6 Å². The average Bonchev–Trinajstić information content (AvgIpc) is 3.07. The van der Waals surface area contributed by atoms with Crippen molar-refractivity contribution in [2.24, 2.45) is 5.16 Å². The summed E-state index contributed by atoms with van der Waals surface area (Å²) in [6.45, 7) is 4.76. The van der Waals surface area contributed by atoms with Gasteiger partial charge in [0, 0.05) is 5.75 Å². The molecule has 2 aliphatic heterocycles. The highest BCUT2D eigenvalue weighted by atomic mass is 35.5. The summed E-state index contributed by atoms with van der Waals surface area (Å²) in [5, 5.41) is 23.8. The quantitative estimate of drug-likeness (QED) is 0.222. The number of thioether (sulfide) groups is 1. The molecule has 1 aromatic heterocycles. The van der Waals surface area contributed by atoms with Crippen molar-refractivity contribution < 1.29 is 34.2 Å². The molecule has 32 heavy (non-hydrogen) atoms. The number of hydrogen-bond donors (Lipinski definition) is 4. The standard InChI is InChI=1S/C17H16ClN5O7S2/c1-3-6-4-31-14-9(13(25)23(14)10(6)16(28)29)20-12(24)8(22-30-5(2)15(26)27)7-11(18)32-17(19)21-7/h3,5,9,14H,1,4H2,2H3,(H2,19,21)(H,20,24)(H,26,27)(H,28,29)/b22-8+. The average molecular weight is 502 g/mol. The summed E-state index contributed by atoms with van der Waals surface area (Å²) in [5.74, 6) is -3.90. The summed E-state index contributed by atoms with van der Waals surface area (Å²) in [4.78, 5) is 58.0. The number of fused-ring (bicyclic) bond motifs is 1. The highest BCUT2D eigenvalue weighted by Gasteiger charge is 2.54. The van der Waals surface area contributed by atoms with E-state index in [4.69, 9.17) is 27.3 Å². The summed E-state index contributed by atoms with van der Waals surface area (Å²) in [6, 6.07) is -1.06. The van der Waals surface area contributed by atoms with Crippen LogP contribution in [0, 0.1) is 0 Å². The normalized spacial score (nSPS) is 21.4. The van der Waals surface area contributed by atoms with Crippen molar-refractivity contribution in [3.05, 3.63) is 34.0 Å². The molecule has 2 amide bonds. The van der Waals surface area contributed by atoms with E-state index in [9.17, 15) is 24.3 Å². The molecule has 1 saturated heterocycles. The summed E-state index contributed by atoms with van der Waals surface area (Å²) in [7, 11) is 0. The Morgan fingerprint density at radius 2 is 2.16 bits per heavy atom. The highest BCUT2D eigenvalue weighted by Crippen LogP contribution is 2.40. The number of nitrogens with two attached hydrogens (primary N) is 1. The van der Waals surface area contributed by atoms with Crippen LogP contribution in [0.25, 0.3) is 0 Å². The molecule has 0 saturated carbocycles. The first kappa shape index (κ1) is 23.6. The number of carboxylic acids is 2. The number of rotatable bonds is 8. The number of anilines is 1. The van der Waals surface area contributed by atoms with Crippen LogP contribution in [0.1, 0.15) is 12.6 Å². The summed E-state index contributed by atoms with van der Waals surface area (Å²) < 4.78 is 0.00306. The molecule has 170 valence electrons. The molecular weight excluding hydrogens is 486 g/mol. The second-order valence-electron chi connectivity index (χ2n) is 6.44. The minimum atomic E-state index is -1.39. The maximum atomic E-state index is 12.9. The number of nitrogen functional groups attached to an aromatic ring is 1. The topological polar surface area (TPSA) is 185 Å². The third-order valence-electron chi connectivity index (χ3n) is 4.42. The van der Waals surface area contributed by atoms with E-state index >= 15 is 0 Å². The van der Waals surface area contributed by atoms with Crippen LogP contribution in [0.15, 0.2) is 29.1 Å². The number of oxime groups is 1. The Hall–Kier alpha value is -3.10. The summed E-state index contributed by atoms with van der Waals surface area (Å²) >= 11 is 8.16. The number of halogens is 1. The van der Waals surface area contributed by atoms with Crippen molar-refractivity contribution in [2.45, 2.75) is 24.4 Å². The van der Waals surface area contributed by atoms with Gasteiger partial charge in [0.15, 0.2) is 10.8 Å². The smallest absolute Gasteiger partial charge is 0.352 e. The molecule has 0 aliphatic carbocycles. The fraction of sp³-hybridized carbons (Fsp3) is 0.294. The summed E-state index contributed by atoms with van der Waals surface area (Å²) in [5.41, 5.74) is 5.17. The van der Waals surface area contributed by atoms with E-state index in [2.05, 4.69) is 22.0 Å². The van der Waals surface area contributed by atoms with Crippen LogP contribution in [-0.4, -0.2) is 72.8 Å². The molecule has 0 bridgehead atoms. The lowest BCUT2D eigenvalue weighted by Gasteiger charge is -2.49. The number of nitrogens with zero attached hydrogens (tertiary/aromatic N) is 3. The van der Waals surface area contributed by atoms with Crippen LogP contribution in [0.3, 0.4) is 0 Å². The number of aromatic nitrogens is 1. The Morgan fingerprint density at radius 1 is 1.47 bits per heavy atom. The molecule has 3 heterocycles. The van der Waals surface area contributed by atoms with Gasteiger partial charge in [-0.05, 0) is 12.5 Å². The van der Waals surface area contributed by atoms with Crippen LogP contribution in [0.4, 0.5) is 5.13 Å². The molecule has 12 nitrogen and oxygen atoms in total. The zero-order chi connectivity index (χ0) is 23.7. The number of carboxylic acid groups (broad SMARTS) is 2. The maximum absolute atomic E-state index is 12.9. The van der Waals surface area contributed by atoms with Gasteiger partial charge < -0.3 is 26.1 Å². The molecule has 1 fully saturated rings. The minimum Gasteiger partial charge on any atom is -0.478 e. The van der Waals surface area contributed by atoms with E-state index in [-0.39, 0.29) is 26.6 Å². The number of hydrogen-bond acceptors (Lipinski definition) is 10. The van der Waals surface area contributed by atoms with Gasteiger partial charge in [0.25, 0.3) is 11.8 Å². The number of thiazole rings is 1.